The first-order valence-electron chi connectivity index (χ1n) is 10.9. The van der Waals surface area contributed by atoms with Gasteiger partial charge < -0.3 is 19.2 Å². The second-order valence-electron chi connectivity index (χ2n) is 9.18. The van der Waals surface area contributed by atoms with Crippen LogP contribution in [0.4, 0.5) is 0 Å². The van der Waals surface area contributed by atoms with Crippen molar-refractivity contribution >= 4 is 11.8 Å². The molecule has 2 aromatic rings. The van der Waals surface area contributed by atoms with Crippen LogP contribution >= 0.6 is 0 Å². The minimum Gasteiger partial charge on any atom is -0.490 e. The Bertz CT molecular complexity index is 1090. The Labute approximate surface area is 188 Å². The fourth-order valence-corrected chi connectivity index (χ4v) is 4.49. The van der Waals surface area contributed by atoms with Gasteiger partial charge in [-0.3, -0.25) is 4.79 Å². The molecule has 1 aliphatic carbocycles. The molecule has 0 saturated heterocycles. The molecule has 0 amide bonds. The standard InChI is InChI=1S/C26H29NO5/c1-16-10-11-21(32-16)24-22(25(29)31-13-12-30-18-8-6-5-7-9-18)17(2)27-19-14-26(3,4)15-20(28)23(19)24/h5-11,24,27H,12-15H2,1-4H3/t24-/m0/s1. The van der Waals surface area contributed by atoms with Crippen molar-refractivity contribution < 1.29 is 23.5 Å². The van der Waals surface area contributed by atoms with Crippen LogP contribution in [0.2, 0.25) is 0 Å². The van der Waals surface area contributed by atoms with Crippen molar-refractivity contribution in [2.24, 2.45) is 5.41 Å². The summed E-state index contributed by atoms with van der Waals surface area (Å²) in [6.45, 7) is 8.19. The zero-order valence-corrected chi connectivity index (χ0v) is 19.0. The number of benzene rings is 1. The van der Waals surface area contributed by atoms with Gasteiger partial charge in [0.25, 0.3) is 0 Å². The van der Waals surface area contributed by atoms with Gasteiger partial charge in [-0.05, 0) is 49.9 Å². The van der Waals surface area contributed by atoms with Crippen LogP contribution < -0.4 is 10.1 Å². The number of ether oxygens (including phenoxy) is 2. The molecule has 0 saturated carbocycles. The number of furan rings is 1. The maximum atomic E-state index is 13.2. The first kappa shape index (κ1) is 21.9. The molecule has 6 heteroatoms. The summed E-state index contributed by atoms with van der Waals surface area (Å²) in [4.78, 5) is 26.4. The number of rotatable bonds is 6. The summed E-state index contributed by atoms with van der Waals surface area (Å²) in [5, 5.41) is 3.32. The lowest BCUT2D eigenvalue weighted by Gasteiger charge is -2.38. The zero-order valence-electron chi connectivity index (χ0n) is 19.0. The van der Waals surface area contributed by atoms with Crippen LogP contribution in [0.15, 0.2) is 69.4 Å². The van der Waals surface area contributed by atoms with E-state index in [9.17, 15) is 9.59 Å². The van der Waals surface area contributed by atoms with Crippen LogP contribution in [-0.4, -0.2) is 25.0 Å². The highest BCUT2D eigenvalue weighted by atomic mass is 16.6. The molecular weight excluding hydrogens is 406 g/mol. The van der Waals surface area contributed by atoms with E-state index >= 15 is 0 Å². The van der Waals surface area contributed by atoms with E-state index in [0.29, 0.717) is 34.8 Å². The van der Waals surface area contributed by atoms with E-state index in [1.54, 1.807) is 0 Å². The largest absolute Gasteiger partial charge is 0.490 e. The van der Waals surface area contributed by atoms with Gasteiger partial charge >= 0.3 is 5.97 Å². The number of dihydropyridines is 1. The third kappa shape index (κ3) is 4.49. The molecule has 2 heterocycles. The Hall–Kier alpha value is -3.28. The van der Waals surface area contributed by atoms with Crippen molar-refractivity contribution in [3.8, 4) is 5.75 Å². The van der Waals surface area contributed by atoms with Gasteiger partial charge in [0, 0.05) is 23.4 Å². The zero-order chi connectivity index (χ0) is 22.9. The average Bonchev–Trinajstić information content (AvgIpc) is 3.16. The first-order valence-corrected chi connectivity index (χ1v) is 10.9. The van der Waals surface area contributed by atoms with Gasteiger partial charge in [0.05, 0.1) is 11.5 Å². The fourth-order valence-electron chi connectivity index (χ4n) is 4.49. The summed E-state index contributed by atoms with van der Waals surface area (Å²) >= 11 is 0. The number of hydrogen-bond acceptors (Lipinski definition) is 6. The van der Waals surface area contributed by atoms with Crippen LogP contribution in [0.1, 0.15) is 51.1 Å². The number of allylic oxidation sites excluding steroid dienone is 3. The molecule has 1 atom stereocenters. The summed E-state index contributed by atoms with van der Waals surface area (Å²) in [6, 6.07) is 13.0. The molecule has 168 valence electrons. The van der Waals surface area contributed by atoms with Crippen molar-refractivity contribution in [2.75, 3.05) is 13.2 Å². The monoisotopic (exact) mass is 435 g/mol. The predicted octanol–water partition coefficient (Wildman–Crippen LogP) is 4.81. The smallest absolute Gasteiger partial charge is 0.336 e. The van der Waals surface area contributed by atoms with Crippen molar-refractivity contribution in [1.29, 1.82) is 0 Å². The highest BCUT2D eigenvalue weighted by Crippen LogP contribution is 2.47. The molecule has 1 aliphatic heterocycles. The summed E-state index contributed by atoms with van der Waals surface area (Å²) in [7, 11) is 0. The van der Waals surface area contributed by atoms with Crippen molar-refractivity contribution in [3.05, 3.63) is 76.5 Å². The molecule has 0 radical (unpaired) electrons. The van der Waals surface area contributed by atoms with E-state index in [4.69, 9.17) is 13.9 Å². The quantitative estimate of drug-likeness (QED) is 0.518. The molecule has 4 rings (SSSR count). The first-order chi connectivity index (χ1) is 15.2. The fraction of sp³-hybridized carbons (Fsp3) is 0.385. The van der Waals surface area contributed by atoms with Crippen LogP contribution in [-0.2, 0) is 14.3 Å². The Kier molecular flexibility index (Phi) is 5.96. The Balaban J connectivity index is 1.57. The number of nitrogens with one attached hydrogen (secondary N) is 1. The van der Waals surface area contributed by atoms with Gasteiger partial charge in [0.15, 0.2) is 5.78 Å². The number of Topliss-reactive ketones (excluding diaryl/α,β-unsaturated/α-hetero) is 1. The molecule has 6 nitrogen and oxygen atoms in total. The number of aryl methyl sites for hydroxylation is 1. The van der Waals surface area contributed by atoms with Gasteiger partial charge in [-0.15, -0.1) is 0 Å². The van der Waals surface area contributed by atoms with Crippen LogP contribution in [0.3, 0.4) is 0 Å². The number of para-hydroxylation sites is 1. The lowest BCUT2D eigenvalue weighted by molar-refractivity contribution is -0.140. The van der Waals surface area contributed by atoms with Crippen LogP contribution in [0.5, 0.6) is 5.75 Å². The Morgan fingerprint density at radius 1 is 1.09 bits per heavy atom. The molecule has 0 spiro atoms. The molecular formula is C26H29NO5. The Morgan fingerprint density at radius 2 is 1.84 bits per heavy atom. The van der Waals surface area contributed by atoms with E-state index in [1.165, 1.54) is 0 Å². The molecule has 0 bridgehead atoms. The number of carbonyl (C=O) groups is 2. The minimum absolute atomic E-state index is 0.0352. The van der Waals surface area contributed by atoms with Gasteiger partial charge in [-0.25, -0.2) is 4.79 Å². The van der Waals surface area contributed by atoms with E-state index in [-0.39, 0.29) is 24.4 Å². The van der Waals surface area contributed by atoms with Gasteiger partial charge in [0.2, 0.25) is 0 Å². The highest BCUT2D eigenvalue weighted by Gasteiger charge is 2.44. The van der Waals surface area contributed by atoms with Crippen molar-refractivity contribution in [2.45, 2.75) is 46.5 Å². The van der Waals surface area contributed by atoms with Crippen LogP contribution in [0.25, 0.3) is 0 Å². The summed E-state index contributed by atoms with van der Waals surface area (Å²) < 4.78 is 17.1. The summed E-state index contributed by atoms with van der Waals surface area (Å²) in [5.41, 5.74) is 2.43. The maximum absolute atomic E-state index is 13.2. The van der Waals surface area contributed by atoms with Crippen molar-refractivity contribution in [1.82, 2.24) is 5.32 Å². The number of hydrogen-bond donors (Lipinski definition) is 1. The van der Waals surface area contributed by atoms with E-state index in [2.05, 4.69) is 19.2 Å². The second-order valence-corrected chi connectivity index (χ2v) is 9.18. The van der Waals surface area contributed by atoms with Crippen molar-refractivity contribution in [3.63, 3.8) is 0 Å². The van der Waals surface area contributed by atoms with E-state index < -0.39 is 11.9 Å². The lowest BCUT2D eigenvalue weighted by Crippen LogP contribution is -2.38. The molecule has 0 fully saturated rings. The van der Waals surface area contributed by atoms with Crippen LogP contribution in [0, 0.1) is 12.3 Å². The second kappa shape index (κ2) is 8.69. The summed E-state index contributed by atoms with van der Waals surface area (Å²) in [5.74, 6) is 1.00. The van der Waals surface area contributed by atoms with Gasteiger partial charge in [-0.2, -0.15) is 0 Å². The molecule has 2 aliphatic rings. The van der Waals surface area contributed by atoms with E-state index in [0.717, 1.165) is 17.9 Å². The molecule has 1 aromatic carbocycles. The molecule has 1 aromatic heterocycles. The SMILES string of the molecule is CC1=C(C(=O)OCCOc2ccccc2)[C@H](c2ccc(C)o2)C2=C(CC(C)(C)CC2=O)N1. The third-order valence-electron chi connectivity index (χ3n) is 5.83. The predicted molar refractivity (Wildman–Crippen MR) is 120 cm³/mol. The van der Waals surface area contributed by atoms with Gasteiger partial charge in [-0.1, -0.05) is 32.0 Å². The highest BCUT2D eigenvalue weighted by molar-refractivity contribution is 6.04. The topological polar surface area (TPSA) is 77.8 Å². The molecule has 1 N–H and O–H groups in total. The van der Waals surface area contributed by atoms with Gasteiger partial charge in [0.1, 0.15) is 30.5 Å². The summed E-state index contributed by atoms with van der Waals surface area (Å²) in [6.07, 6.45) is 1.16. The maximum Gasteiger partial charge on any atom is 0.336 e. The number of ketones is 1. The number of esters is 1. The third-order valence-corrected chi connectivity index (χ3v) is 5.83. The molecule has 32 heavy (non-hydrogen) atoms. The lowest BCUT2D eigenvalue weighted by atomic mass is 9.69. The average molecular weight is 436 g/mol. The Morgan fingerprint density at radius 3 is 2.53 bits per heavy atom. The number of carbonyl (C=O) groups excluding carboxylic acids is 2. The van der Waals surface area contributed by atoms with E-state index in [1.807, 2.05) is 56.3 Å². The minimum atomic E-state index is -0.578. The molecule has 0 unspecified atom stereocenters. The normalized spacial score (nSPS) is 20.0.